The topological polar surface area (TPSA) is 109 Å². The zero-order valence-electron chi connectivity index (χ0n) is 12.9. The molecule has 0 bridgehead atoms. The van der Waals surface area contributed by atoms with Crippen LogP contribution in [0, 0.1) is 5.21 Å². The van der Waals surface area contributed by atoms with E-state index in [1.807, 2.05) is 0 Å². The predicted molar refractivity (Wildman–Crippen MR) is 77.9 cm³/mol. The van der Waals surface area contributed by atoms with E-state index in [2.05, 4.69) is 5.28 Å². The lowest BCUT2D eigenvalue weighted by Crippen LogP contribution is -2.39. The van der Waals surface area contributed by atoms with E-state index in [0.717, 1.165) is 4.90 Å². The first-order valence-electron chi connectivity index (χ1n) is 7.10. The molecule has 0 saturated carbocycles. The van der Waals surface area contributed by atoms with E-state index in [9.17, 15) is 14.8 Å². The van der Waals surface area contributed by atoms with Gasteiger partial charge in [0.05, 0.1) is 29.7 Å². The van der Waals surface area contributed by atoms with Crippen LogP contribution in [-0.2, 0) is 4.84 Å². The van der Waals surface area contributed by atoms with Gasteiger partial charge in [-0.3, -0.25) is 9.59 Å². The van der Waals surface area contributed by atoms with Crippen LogP contribution in [0.2, 0.25) is 0 Å². The highest BCUT2D eigenvalue weighted by Crippen LogP contribution is 2.24. The van der Waals surface area contributed by atoms with Crippen molar-refractivity contribution in [1.29, 1.82) is 0 Å². The Morgan fingerprint density at radius 2 is 1.91 bits per heavy atom. The fourth-order valence-electron chi connectivity index (χ4n) is 2.14. The monoisotopic (exact) mass is 322 g/mol. The second-order valence-electron chi connectivity index (χ2n) is 5.02. The van der Waals surface area contributed by atoms with Gasteiger partial charge in [-0.25, -0.2) is 4.90 Å². The van der Waals surface area contributed by atoms with E-state index in [4.69, 9.17) is 9.94 Å². The molecule has 0 aliphatic carbocycles. The van der Waals surface area contributed by atoms with Crippen molar-refractivity contribution in [3.63, 3.8) is 0 Å². The van der Waals surface area contributed by atoms with E-state index in [0.29, 0.717) is 17.5 Å². The molecule has 1 unspecified atom stereocenters. The fraction of sp³-hybridized carbons (Fsp3) is 0.429. The van der Waals surface area contributed by atoms with Gasteiger partial charge >= 0.3 is 0 Å². The molecule has 1 heterocycles. The molecule has 124 valence electrons. The summed E-state index contributed by atoms with van der Waals surface area (Å²) in [4.78, 5) is 30.5. The van der Waals surface area contributed by atoms with Crippen LogP contribution in [0.1, 0.15) is 34.1 Å². The number of fused-ring (bicyclic) bond motifs is 1. The molecule has 1 aromatic carbocycles. The number of hydrogen-bond acceptors (Lipinski definition) is 6. The van der Waals surface area contributed by atoms with Crippen LogP contribution in [0.3, 0.4) is 0 Å². The van der Waals surface area contributed by atoms with Gasteiger partial charge in [-0.1, -0.05) is 12.1 Å². The SMILES string of the molecule is CC(O/N=[N+](\[O-])N(C)CCCO)N1C(=O)c2ccccc2C1=O. The van der Waals surface area contributed by atoms with E-state index >= 15 is 0 Å². The van der Waals surface area contributed by atoms with Crippen molar-refractivity contribution in [1.82, 2.24) is 9.91 Å². The van der Waals surface area contributed by atoms with Crippen molar-refractivity contribution in [3.8, 4) is 0 Å². The molecule has 0 radical (unpaired) electrons. The van der Waals surface area contributed by atoms with Crippen molar-refractivity contribution < 1.29 is 24.5 Å². The van der Waals surface area contributed by atoms with Crippen LogP contribution >= 0.6 is 0 Å². The molecule has 0 saturated heterocycles. The van der Waals surface area contributed by atoms with Gasteiger partial charge in [0.1, 0.15) is 0 Å². The summed E-state index contributed by atoms with van der Waals surface area (Å²) in [6.45, 7) is 1.69. The summed E-state index contributed by atoms with van der Waals surface area (Å²) in [5, 5.41) is 24.9. The van der Waals surface area contributed by atoms with Crippen LogP contribution in [0.15, 0.2) is 29.5 Å². The molecule has 1 aliphatic heterocycles. The Labute approximate surface area is 132 Å². The maximum atomic E-state index is 12.2. The molecular formula is C14H18N4O5. The molecule has 23 heavy (non-hydrogen) atoms. The molecule has 1 N–H and O–H groups in total. The molecule has 2 amide bonds. The summed E-state index contributed by atoms with van der Waals surface area (Å²) in [5.41, 5.74) is 0.596. The number of carbonyl (C=O) groups is 2. The second-order valence-corrected chi connectivity index (χ2v) is 5.02. The number of hydrazine groups is 1. The van der Waals surface area contributed by atoms with E-state index < -0.39 is 18.0 Å². The molecule has 0 aromatic heterocycles. The third-order valence-electron chi connectivity index (χ3n) is 3.39. The molecule has 1 aromatic rings. The average molecular weight is 322 g/mol. The van der Waals surface area contributed by atoms with Crippen LogP contribution in [0.25, 0.3) is 0 Å². The minimum Gasteiger partial charge on any atom is -0.569 e. The summed E-state index contributed by atoms with van der Waals surface area (Å²) in [5.74, 6) is -0.973. The lowest BCUT2D eigenvalue weighted by Gasteiger charge is -2.19. The van der Waals surface area contributed by atoms with E-state index in [1.54, 1.807) is 24.3 Å². The minimum absolute atomic E-state index is 0.0511. The van der Waals surface area contributed by atoms with Crippen molar-refractivity contribution in [2.45, 2.75) is 19.6 Å². The van der Waals surface area contributed by atoms with Gasteiger partial charge < -0.3 is 15.2 Å². The number of aliphatic hydroxyl groups is 1. The van der Waals surface area contributed by atoms with Crippen molar-refractivity contribution >= 4 is 11.8 Å². The normalized spacial score (nSPS) is 15.6. The summed E-state index contributed by atoms with van der Waals surface area (Å²) >= 11 is 0. The van der Waals surface area contributed by atoms with Crippen LogP contribution in [0.4, 0.5) is 0 Å². The van der Waals surface area contributed by atoms with Crippen LogP contribution in [-0.4, -0.2) is 58.2 Å². The van der Waals surface area contributed by atoms with Gasteiger partial charge in [0.15, 0.2) is 0 Å². The highest BCUT2D eigenvalue weighted by atomic mass is 16.7. The number of aliphatic hydroxyl groups excluding tert-OH is 1. The Morgan fingerprint density at radius 1 is 1.35 bits per heavy atom. The third kappa shape index (κ3) is 3.39. The number of nitrogens with zero attached hydrogens (tertiary/aromatic N) is 4. The highest BCUT2D eigenvalue weighted by Gasteiger charge is 2.39. The smallest absolute Gasteiger partial charge is 0.264 e. The summed E-state index contributed by atoms with van der Waals surface area (Å²) in [6.07, 6.45) is -0.622. The van der Waals surface area contributed by atoms with Gasteiger partial charge in [0.2, 0.25) is 11.5 Å². The largest absolute Gasteiger partial charge is 0.569 e. The Morgan fingerprint density at radius 3 is 2.43 bits per heavy atom. The van der Waals surface area contributed by atoms with Crippen molar-refractivity contribution in [2.24, 2.45) is 5.28 Å². The average Bonchev–Trinajstić information content (AvgIpc) is 2.81. The Bertz CT molecular complexity index is 598. The van der Waals surface area contributed by atoms with Gasteiger partial charge in [-0.05, 0) is 25.5 Å². The molecule has 0 spiro atoms. The number of imide groups is 1. The maximum Gasteiger partial charge on any atom is 0.264 e. The lowest BCUT2D eigenvalue weighted by atomic mass is 10.1. The summed E-state index contributed by atoms with van der Waals surface area (Å²) in [6, 6.07) is 6.45. The number of amides is 2. The Hall–Kier alpha value is -2.68. The number of carbonyl (C=O) groups excluding carboxylic acids is 2. The maximum absolute atomic E-state index is 12.2. The first kappa shape index (κ1) is 16.7. The molecule has 9 nitrogen and oxygen atoms in total. The third-order valence-corrected chi connectivity index (χ3v) is 3.39. The van der Waals surface area contributed by atoms with Gasteiger partial charge in [-0.2, -0.15) is 0 Å². The number of benzene rings is 1. The summed E-state index contributed by atoms with van der Waals surface area (Å²) in [7, 11) is 1.47. The Kier molecular flexibility index (Phi) is 5.12. The van der Waals surface area contributed by atoms with Crippen LogP contribution < -0.4 is 0 Å². The predicted octanol–water partition coefficient (Wildman–Crippen LogP) is 0.752. The lowest BCUT2D eigenvalue weighted by molar-refractivity contribution is -0.707. The molecule has 0 fully saturated rings. The molecule has 9 heteroatoms. The zero-order valence-corrected chi connectivity index (χ0v) is 12.9. The van der Waals surface area contributed by atoms with E-state index in [1.165, 1.54) is 19.0 Å². The van der Waals surface area contributed by atoms with Crippen molar-refractivity contribution in [2.75, 3.05) is 20.2 Å². The molecular weight excluding hydrogens is 304 g/mol. The highest BCUT2D eigenvalue weighted by molar-refractivity contribution is 6.21. The number of rotatable bonds is 7. The van der Waals surface area contributed by atoms with Crippen LogP contribution in [0.5, 0.6) is 0 Å². The first-order valence-corrected chi connectivity index (χ1v) is 7.10. The Balaban J connectivity index is 2.03. The minimum atomic E-state index is -1.02. The van der Waals surface area contributed by atoms with Gasteiger partial charge in [-0.15, -0.1) is 5.01 Å². The standard InChI is InChI=1S/C14H18N4O5/c1-10(23-15-18(22)16(2)8-5-9-19)17-13(20)11-6-3-4-7-12(11)14(17)21/h3-4,6-7,10,19H,5,8-9H2,1-2H3/b18-15-. The number of hydrogen-bond donors (Lipinski definition) is 1. The first-order chi connectivity index (χ1) is 11.0. The van der Waals surface area contributed by atoms with Crippen molar-refractivity contribution in [3.05, 3.63) is 40.6 Å². The quantitative estimate of drug-likeness (QED) is 0.343. The fourth-order valence-corrected chi connectivity index (χ4v) is 2.14. The van der Waals surface area contributed by atoms with E-state index in [-0.39, 0.29) is 18.1 Å². The second kappa shape index (κ2) is 7.05. The molecule has 1 atom stereocenters. The van der Waals surface area contributed by atoms with Gasteiger partial charge in [0, 0.05) is 6.61 Å². The molecule has 1 aliphatic rings. The summed E-state index contributed by atoms with van der Waals surface area (Å²) < 4.78 is 0. The zero-order chi connectivity index (χ0) is 17.0. The van der Waals surface area contributed by atoms with Gasteiger partial charge in [0.25, 0.3) is 11.8 Å². The molecule has 2 rings (SSSR count).